The number of aromatic nitrogens is 10. The molecule has 0 amide bonds. The van der Waals surface area contributed by atoms with E-state index in [0.29, 0.717) is 29.2 Å². The Morgan fingerprint density at radius 3 is 0.901 bits per heavy atom. The average Bonchev–Trinajstić information content (AvgIpc) is 1.61. The first-order valence-corrected chi connectivity index (χ1v) is 34.0. The second-order valence-corrected chi connectivity index (χ2v) is 25.2. The van der Waals surface area contributed by atoms with Crippen LogP contribution < -0.4 is 0 Å². The summed E-state index contributed by atoms with van der Waals surface area (Å²) in [6, 6.07) is 122. The van der Waals surface area contributed by atoms with Gasteiger partial charge in [0.05, 0.1) is 33.1 Å². The van der Waals surface area contributed by atoms with Crippen molar-refractivity contribution in [3.8, 4) is 85.1 Å². The van der Waals surface area contributed by atoms with Gasteiger partial charge in [-0.15, -0.1) is 0 Å². The predicted molar refractivity (Wildman–Crippen MR) is 416 cm³/mol. The molecule has 10 nitrogen and oxygen atoms in total. The molecule has 0 radical (unpaired) electrons. The van der Waals surface area contributed by atoms with Crippen LogP contribution in [0, 0.1) is 0 Å². The van der Waals surface area contributed by atoms with Gasteiger partial charge in [0.1, 0.15) is 0 Å². The molecule has 0 spiro atoms. The largest absolute Gasteiger partial charge is 0.355 e. The summed E-state index contributed by atoms with van der Waals surface area (Å²) in [7, 11) is 0. The van der Waals surface area contributed by atoms with E-state index >= 15 is 0 Å². The second kappa shape index (κ2) is 25.9. The van der Waals surface area contributed by atoms with Crippen LogP contribution in [0.2, 0.25) is 5.28 Å². The molecule has 0 aliphatic heterocycles. The van der Waals surface area contributed by atoms with Crippen LogP contribution in [-0.2, 0) is 0 Å². The quantitative estimate of drug-likeness (QED) is 0.154. The standard InChI is InChI=1S/C45H29N5.C30H20N2.C15H10ClN3/c1-4-14-30(15-5-1)43-46-44(31-16-6-2-7-17-31)48-45(47-43)50-40-23-13-11-21-36(40)38-29-33(25-27-42(38)50)32-24-26-41-37(28-32)35-20-10-12-22-39(35)49(41)34-18-8-3-9-19-34;1-2-8-22(9-3-1)32-29-13-7-5-11-24(29)26-19-21(15-17-30(26)32)20-14-16-28-25(18-20)23-10-4-6-12-27(23)31-28;16-15-18-13(11-7-3-1-4-8-11)17-14(19-15)12-9-5-2-6-10-12/h1-29H;1-19,31H;1-10H. The molecule has 101 heavy (non-hydrogen) atoms. The fourth-order valence-electron chi connectivity index (χ4n) is 14.1. The summed E-state index contributed by atoms with van der Waals surface area (Å²) in [4.78, 5) is 31.4. The average molecular weight is 1320 g/mol. The minimum absolute atomic E-state index is 0.202. The summed E-state index contributed by atoms with van der Waals surface area (Å²) in [5.74, 6) is 3.03. The fourth-order valence-corrected chi connectivity index (χ4v) is 14.3. The zero-order valence-corrected chi connectivity index (χ0v) is 55.1. The van der Waals surface area contributed by atoms with E-state index < -0.39 is 0 Å². The Balaban J connectivity index is 0.000000122. The lowest BCUT2D eigenvalue weighted by atomic mass is 10.0. The van der Waals surface area contributed by atoms with Gasteiger partial charge in [0, 0.05) is 87.8 Å². The molecule has 14 aromatic carbocycles. The number of benzene rings is 14. The smallest absolute Gasteiger partial charge is 0.238 e. The number of H-pyrrole nitrogens is 1. The lowest BCUT2D eigenvalue weighted by Crippen LogP contribution is -2.06. The van der Waals surface area contributed by atoms with Gasteiger partial charge in [-0.2, -0.15) is 19.9 Å². The molecular weight excluding hydrogens is 1260 g/mol. The molecule has 6 heterocycles. The first-order chi connectivity index (χ1) is 50.0. The van der Waals surface area contributed by atoms with Crippen LogP contribution in [-0.4, -0.2) is 48.6 Å². The van der Waals surface area contributed by atoms with Crippen LogP contribution in [0.15, 0.2) is 352 Å². The zero-order chi connectivity index (χ0) is 67.2. The number of para-hydroxylation sites is 6. The van der Waals surface area contributed by atoms with E-state index in [9.17, 15) is 0 Å². The van der Waals surface area contributed by atoms with E-state index in [1.165, 1.54) is 87.8 Å². The van der Waals surface area contributed by atoms with Crippen molar-refractivity contribution in [2.45, 2.75) is 0 Å². The number of halogens is 1. The van der Waals surface area contributed by atoms with Crippen molar-refractivity contribution in [1.82, 2.24) is 48.6 Å². The van der Waals surface area contributed by atoms with E-state index in [1.807, 2.05) is 121 Å². The molecule has 20 aromatic rings. The number of nitrogens with one attached hydrogen (secondary N) is 1. The van der Waals surface area contributed by atoms with E-state index in [1.54, 1.807) is 0 Å². The van der Waals surface area contributed by atoms with Crippen molar-refractivity contribution in [2.24, 2.45) is 0 Å². The van der Waals surface area contributed by atoms with Gasteiger partial charge < -0.3 is 14.1 Å². The van der Waals surface area contributed by atoms with Crippen LogP contribution in [0.5, 0.6) is 0 Å². The Morgan fingerprint density at radius 1 is 0.208 bits per heavy atom. The number of hydrogen-bond donors (Lipinski definition) is 1. The molecule has 0 fully saturated rings. The third-order valence-electron chi connectivity index (χ3n) is 18.8. The number of nitrogens with zero attached hydrogens (tertiary/aromatic N) is 9. The first-order valence-electron chi connectivity index (χ1n) is 33.6. The molecule has 0 unspecified atom stereocenters. The maximum atomic E-state index is 5.99. The van der Waals surface area contributed by atoms with Crippen LogP contribution in [0.3, 0.4) is 0 Å². The molecule has 0 saturated heterocycles. The van der Waals surface area contributed by atoms with Crippen molar-refractivity contribution in [3.05, 3.63) is 357 Å². The van der Waals surface area contributed by atoms with Crippen LogP contribution in [0.25, 0.3) is 172 Å². The topological polar surface area (TPSA) is 108 Å². The summed E-state index contributed by atoms with van der Waals surface area (Å²) in [5.41, 5.74) is 20.2. The van der Waals surface area contributed by atoms with Gasteiger partial charge in [-0.3, -0.25) is 4.57 Å². The molecule has 0 saturated carbocycles. The molecular formula is C90H59ClN10. The SMILES string of the molecule is Clc1nc(-c2ccccc2)nc(-c2ccccc2)n1.c1ccc(-c2nc(-c3ccccc3)nc(-n3c4ccccc4c4cc(-c5ccc6c(c5)c5ccccc5n6-c5ccccc5)ccc43)n2)cc1.c1ccc(-n2c3ccccc3c3cc(-c4ccc5[nH]c6ccccc6c5c4)ccc32)cc1. The van der Waals surface area contributed by atoms with Gasteiger partial charge >= 0.3 is 0 Å². The zero-order valence-electron chi connectivity index (χ0n) is 54.4. The second-order valence-electron chi connectivity index (χ2n) is 24.9. The third kappa shape index (κ3) is 11.3. The summed E-state index contributed by atoms with van der Waals surface area (Å²) in [6.07, 6.45) is 0. The molecule has 0 atom stereocenters. The number of hydrogen-bond acceptors (Lipinski definition) is 6. The predicted octanol–water partition coefficient (Wildman–Crippen LogP) is 23.0. The minimum Gasteiger partial charge on any atom is -0.355 e. The highest BCUT2D eigenvalue weighted by Crippen LogP contribution is 2.41. The molecule has 6 aromatic heterocycles. The van der Waals surface area contributed by atoms with Crippen molar-refractivity contribution in [2.75, 3.05) is 0 Å². The van der Waals surface area contributed by atoms with Gasteiger partial charge in [-0.05, 0) is 131 Å². The molecule has 0 bridgehead atoms. The van der Waals surface area contributed by atoms with Gasteiger partial charge in [0.15, 0.2) is 23.3 Å². The Bertz CT molecular complexity index is 6330. The highest BCUT2D eigenvalue weighted by atomic mass is 35.5. The summed E-state index contributed by atoms with van der Waals surface area (Å²) in [6.45, 7) is 0. The minimum atomic E-state index is 0.202. The number of aromatic amines is 1. The molecule has 0 aliphatic carbocycles. The van der Waals surface area contributed by atoms with Crippen molar-refractivity contribution in [1.29, 1.82) is 0 Å². The van der Waals surface area contributed by atoms with Gasteiger partial charge in [-0.25, -0.2) is 9.97 Å². The Labute approximate surface area is 586 Å². The van der Waals surface area contributed by atoms with Gasteiger partial charge in [-0.1, -0.05) is 255 Å². The van der Waals surface area contributed by atoms with Crippen molar-refractivity contribution < 1.29 is 0 Å². The molecule has 0 aliphatic rings. The highest BCUT2D eigenvalue weighted by molar-refractivity contribution is 6.28. The Kier molecular flexibility index (Phi) is 15.4. The lowest BCUT2D eigenvalue weighted by Gasteiger charge is -2.11. The number of rotatable bonds is 9. The monoisotopic (exact) mass is 1310 g/mol. The van der Waals surface area contributed by atoms with Crippen LogP contribution in [0.1, 0.15) is 0 Å². The molecule has 11 heteroatoms. The van der Waals surface area contributed by atoms with Crippen molar-refractivity contribution >= 4 is 98.8 Å². The summed E-state index contributed by atoms with van der Waals surface area (Å²) >= 11 is 5.99. The van der Waals surface area contributed by atoms with E-state index in [4.69, 9.17) is 26.6 Å². The lowest BCUT2D eigenvalue weighted by molar-refractivity contribution is 0.953. The normalized spacial score (nSPS) is 11.4. The van der Waals surface area contributed by atoms with E-state index in [0.717, 1.165) is 55.3 Å². The van der Waals surface area contributed by atoms with Crippen molar-refractivity contribution in [3.63, 3.8) is 0 Å². The maximum Gasteiger partial charge on any atom is 0.238 e. The van der Waals surface area contributed by atoms with E-state index in [2.05, 4.69) is 264 Å². The maximum absolute atomic E-state index is 5.99. The molecule has 20 rings (SSSR count). The Morgan fingerprint density at radius 2 is 0.495 bits per heavy atom. The van der Waals surface area contributed by atoms with Gasteiger partial charge in [0.2, 0.25) is 11.2 Å². The summed E-state index contributed by atoms with van der Waals surface area (Å²) < 4.78 is 6.89. The van der Waals surface area contributed by atoms with Gasteiger partial charge in [0.25, 0.3) is 0 Å². The van der Waals surface area contributed by atoms with E-state index in [-0.39, 0.29) is 5.28 Å². The molecule has 1 N–H and O–H groups in total. The third-order valence-corrected chi connectivity index (χ3v) is 18.9. The highest BCUT2D eigenvalue weighted by Gasteiger charge is 2.21. The first kappa shape index (κ1) is 60.0. The molecule has 476 valence electrons. The summed E-state index contributed by atoms with van der Waals surface area (Å²) in [5, 5.41) is 10.1. The van der Waals surface area contributed by atoms with Crippen LogP contribution >= 0.6 is 11.6 Å². The van der Waals surface area contributed by atoms with Crippen LogP contribution in [0.4, 0.5) is 0 Å². The fraction of sp³-hybridized carbons (Fsp3) is 0. The Hall–Kier alpha value is -13.4. The number of fused-ring (bicyclic) bond motifs is 12.